The molecule has 5 nitrogen and oxygen atoms in total. The Morgan fingerprint density at radius 2 is 2.39 bits per heavy atom. The van der Waals surface area contributed by atoms with Gasteiger partial charge in [0.1, 0.15) is 0 Å². The number of oxime groups is 1. The molecule has 2 aromatic rings. The van der Waals surface area contributed by atoms with Gasteiger partial charge in [0.05, 0.1) is 18.4 Å². The molecular formula is C12H14N4OS. The van der Waals surface area contributed by atoms with E-state index in [0.29, 0.717) is 5.56 Å². The van der Waals surface area contributed by atoms with E-state index in [1.54, 1.807) is 29.8 Å². The van der Waals surface area contributed by atoms with Crippen molar-refractivity contribution < 1.29 is 5.21 Å². The van der Waals surface area contributed by atoms with E-state index in [1.165, 1.54) is 4.88 Å². The van der Waals surface area contributed by atoms with Gasteiger partial charge in [-0.3, -0.25) is 4.98 Å². The van der Waals surface area contributed by atoms with Crippen LogP contribution in [0.5, 0.6) is 0 Å². The second-order valence-electron chi connectivity index (χ2n) is 3.81. The Hall–Kier alpha value is -2.08. The SMILES string of the molecule is CN(Cc1cccs1)c1cnccc1/C(N)=N/O. The van der Waals surface area contributed by atoms with E-state index >= 15 is 0 Å². The van der Waals surface area contributed by atoms with Crippen LogP contribution in [0, 0.1) is 0 Å². The van der Waals surface area contributed by atoms with Gasteiger partial charge in [-0.15, -0.1) is 11.3 Å². The van der Waals surface area contributed by atoms with E-state index in [-0.39, 0.29) is 5.84 Å². The quantitative estimate of drug-likeness (QED) is 0.382. The van der Waals surface area contributed by atoms with E-state index in [1.807, 2.05) is 23.4 Å². The third kappa shape index (κ3) is 2.60. The molecule has 0 aromatic carbocycles. The molecule has 0 amide bonds. The van der Waals surface area contributed by atoms with Gasteiger partial charge in [-0.25, -0.2) is 0 Å². The van der Waals surface area contributed by atoms with Gasteiger partial charge in [0.2, 0.25) is 0 Å². The fourth-order valence-corrected chi connectivity index (χ4v) is 2.44. The van der Waals surface area contributed by atoms with Crippen molar-refractivity contribution in [3.8, 4) is 0 Å². The maximum atomic E-state index is 8.78. The monoisotopic (exact) mass is 262 g/mol. The third-order valence-electron chi connectivity index (χ3n) is 2.57. The van der Waals surface area contributed by atoms with Gasteiger partial charge in [0.25, 0.3) is 0 Å². The molecule has 0 aliphatic heterocycles. The van der Waals surface area contributed by atoms with E-state index in [9.17, 15) is 0 Å². The number of amidine groups is 1. The molecule has 94 valence electrons. The minimum absolute atomic E-state index is 0.0884. The molecule has 0 saturated carbocycles. The Kier molecular flexibility index (Phi) is 3.78. The predicted molar refractivity (Wildman–Crippen MR) is 73.2 cm³/mol. The molecule has 3 N–H and O–H groups in total. The Labute approximate surface area is 109 Å². The van der Waals surface area contributed by atoms with Crippen molar-refractivity contribution in [3.05, 3.63) is 46.4 Å². The number of hydrogen-bond donors (Lipinski definition) is 2. The fraction of sp³-hybridized carbons (Fsp3) is 0.167. The first-order valence-corrected chi connectivity index (χ1v) is 6.25. The number of pyridine rings is 1. The summed E-state index contributed by atoms with van der Waals surface area (Å²) in [6, 6.07) is 5.82. The number of hydrogen-bond acceptors (Lipinski definition) is 5. The van der Waals surface area contributed by atoms with Crippen molar-refractivity contribution in [2.45, 2.75) is 6.54 Å². The van der Waals surface area contributed by atoms with Crippen LogP contribution in [0.25, 0.3) is 0 Å². The molecule has 0 aliphatic rings. The van der Waals surface area contributed by atoms with Gasteiger partial charge < -0.3 is 15.8 Å². The van der Waals surface area contributed by atoms with Crippen LogP contribution in [0.3, 0.4) is 0 Å². The summed E-state index contributed by atoms with van der Waals surface area (Å²) in [6.45, 7) is 0.759. The Balaban J connectivity index is 2.27. The summed E-state index contributed by atoms with van der Waals surface area (Å²) in [6.07, 6.45) is 3.33. The van der Waals surface area contributed by atoms with Gasteiger partial charge in [-0.05, 0) is 17.5 Å². The molecule has 0 bridgehead atoms. The second-order valence-corrected chi connectivity index (χ2v) is 4.85. The Morgan fingerprint density at radius 1 is 1.56 bits per heavy atom. The number of thiophene rings is 1. The number of aromatic nitrogens is 1. The zero-order valence-electron chi connectivity index (χ0n) is 9.95. The molecule has 0 fully saturated rings. The maximum Gasteiger partial charge on any atom is 0.172 e. The first-order valence-electron chi connectivity index (χ1n) is 5.38. The van der Waals surface area contributed by atoms with Gasteiger partial charge in [0.15, 0.2) is 5.84 Å². The Morgan fingerprint density at radius 3 is 3.06 bits per heavy atom. The Bertz CT molecular complexity index is 539. The second kappa shape index (κ2) is 5.50. The summed E-state index contributed by atoms with van der Waals surface area (Å²) >= 11 is 1.69. The van der Waals surface area contributed by atoms with Gasteiger partial charge in [-0.2, -0.15) is 0 Å². The molecule has 0 radical (unpaired) electrons. The topological polar surface area (TPSA) is 74.7 Å². The van der Waals surface area contributed by atoms with Crippen molar-refractivity contribution in [1.29, 1.82) is 0 Å². The van der Waals surface area contributed by atoms with Crippen LogP contribution in [-0.2, 0) is 6.54 Å². The van der Waals surface area contributed by atoms with Crippen molar-refractivity contribution in [3.63, 3.8) is 0 Å². The lowest BCUT2D eigenvalue weighted by Gasteiger charge is -2.20. The van der Waals surface area contributed by atoms with Crippen LogP contribution >= 0.6 is 11.3 Å². The maximum absolute atomic E-state index is 8.78. The summed E-state index contributed by atoms with van der Waals surface area (Å²) in [5.74, 6) is 0.0884. The first-order chi connectivity index (χ1) is 8.72. The largest absolute Gasteiger partial charge is 0.409 e. The molecule has 0 atom stereocenters. The van der Waals surface area contributed by atoms with Crippen LogP contribution in [0.4, 0.5) is 5.69 Å². The summed E-state index contributed by atoms with van der Waals surface area (Å²) in [5, 5.41) is 13.9. The van der Waals surface area contributed by atoms with Crippen molar-refractivity contribution in [2.75, 3.05) is 11.9 Å². The average Bonchev–Trinajstić information content (AvgIpc) is 2.90. The van der Waals surface area contributed by atoms with Gasteiger partial charge >= 0.3 is 0 Å². The van der Waals surface area contributed by atoms with Crippen molar-refractivity contribution in [1.82, 2.24) is 4.98 Å². The summed E-state index contributed by atoms with van der Waals surface area (Å²) in [7, 11) is 1.95. The van der Waals surface area contributed by atoms with E-state index in [4.69, 9.17) is 10.9 Å². The lowest BCUT2D eigenvalue weighted by molar-refractivity contribution is 0.318. The number of anilines is 1. The molecule has 2 heterocycles. The molecule has 2 rings (SSSR count). The first kappa shape index (κ1) is 12.4. The van der Waals surface area contributed by atoms with E-state index in [2.05, 4.69) is 16.2 Å². The normalized spacial score (nSPS) is 11.5. The molecule has 6 heteroatoms. The van der Waals surface area contributed by atoms with Crippen LogP contribution < -0.4 is 10.6 Å². The highest BCUT2D eigenvalue weighted by molar-refractivity contribution is 7.09. The van der Waals surface area contributed by atoms with Crippen LogP contribution in [0.1, 0.15) is 10.4 Å². The lowest BCUT2D eigenvalue weighted by atomic mass is 10.2. The standard InChI is InChI=1S/C12H14N4OS/c1-16(8-9-3-2-6-18-9)11-7-14-5-4-10(11)12(13)15-17/h2-7,17H,8H2,1H3,(H2,13,15). The highest BCUT2D eigenvalue weighted by atomic mass is 32.1. The lowest BCUT2D eigenvalue weighted by Crippen LogP contribution is -2.22. The molecule has 0 spiro atoms. The van der Waals surface area contributed by atoms with Crippen molar-refractivity contribution in [2.24, 2.45) is 10.9 Å². The molecule has 18 heavy (non-hydrogen) atoms. The van der Waals surface area contributed by atoms with E-state index < -0.39 is 0 Å². The molecule has 0 unspecified atom stereocenters. The fourth-order valence-electron chi connectivity index (χ4n) is 1.68. The highest BCUT2D eigenvalue weighted by Crippen LogP contribution is 2.21. The zero-order valence-corrected chi connectivity index (χ0v) is 10.8. The average molecular weight is 262 g/mol. The van der Waals surface area contributed by atoms with Gasteiger partial charge in [-0.1, -0.05) is 11.2 Å². The van der Waals surface area contributed by atoms with Crippen molar-refractivity contribution >= 4 is 22.9 Å². The number of nitrogens with two attached hydrogens (primary N) is 1. The van der Waals surface area contributed by atoms with Gasteiger partial charge in [0, 0.05) is 23.7 Å². The zero-order chi connectivity index (χ0) is 13.0. The third-order valence-corrected chi connectivity index (χ3v) is 3.43. The molecular weight excluding hydrogens is 248 g/mol. The number of nitrogens with zero attached hydrogens (tertiary/aromatic N) is 3. The van der Waals surface area contributed by atoms with Crippen LogP contribution in [0.15, 0.2) is 41.1 Å². The highest BCUT2D eigenvalue weighted by Gasteiger charge is 2.11. The minimum atomic E-state index is 0.0884. The molecule has 0 saturated heterocycles. The van der Waals surface area contributed by atoms with E-state index in [0.717, 1.165) is 12.2 Å². The predicted octanol–water partition coefficient (Wildman–Crippen LogP) is 1.87. The van der Waals surface area contributed by atoms with Crippen LogP contribution in [-0.4, -0.2) is 23.1 Å². The number of rotatable bonds is 4. The summed E-state index contributed by atoms with van der Waals surface area (Å²) in [4.78, 5) is 7.34. The molecule has 0 aliphatic carbocycles. The summed E-state index contributed by atoms with van der Waals surface area (Å²) in [5.41, 5.74) is 7.16. The summed E-state index contributed by atoms with van der Waals surface area (Å²) < 4.78 is 0. The van der Waals surface area contributed by atoms with Crippen LogP contribution in [0.2, 0.25) is 0 Å². The minimum Gasteiger partial charge on any atom is -0.409 e. The smallest absolute Gasteiger partial charge is 0.172 e. The molecule has 2 aromatic heterocycles.